The molecule has 2 rings (SSSR count). The minimum Gasteiger partial charge on any atom is -0.399 e. The molecule has 2 heterocycles. The molecular weight excluding hydrogens is 303 g/mol. The Kier molecular flexibility index (Phi) is 4.87. The van der Waals surface area contributed by atoms with Gasteiger partial charge in [-0.15, -0.1) is 0 Å². The molecule has 0 aromatic carbocycles. The lowest BCUT2D eigenvalue weighted by Crippen LogP contribution is -2.41. The van der Waals surface area contributed by atoms with E-state index in [9.17, 15) is 8.78 Å². The summed E-state index contributed by atoms with van der Waals surface area (Å²) in [5, 5.41) is 2.98. The molecule has 1 saturated heterocycles. The monoisotopic (exact) mass is 327 g/mol. The average Bonchev–Trinajstić information content (AvgIpc) is 2.64. The highest BCUT2D eigenvalue weighted by molar-refractivity contribution is 6.56. The zero-order valence-corrected chi connectivity index (χ0v) is 14.4. The maximum absolute atomic E-state index is 13.5. The minimum atomic E-state index is -2.63. The molecule has 0 spiro atoms. The van der Waals surface area contributed by atoms with Crippen molar-refractivity contribution >= 4 is 13.5 Å². The van der Waals surface area contributed by atoms with E-state index in [4.69, 9.17) is 9.31 Å². The first-order valence-electron chi connectivity index (χ1n) is 7.55. The third-order valence-electron chi connectivity index (χ3n) is 4.28. The van der Waals surface area contributed by atoms with Gasteiger partial charge < -0.3 is 19.5 Å². The topological polar surface area (TPSA) is 46.1 Å². The molecule has 8 heteroatoms. The second-order valence-electron chi connectivity index (χ2n) is 6.95. The molecule has 2 aliphatic heterocycles. The fourth-order valence-corrected chi connectivity index (χ4v) is 2.24. The molecule has 0 saturated carbocycles. The highest BCUT2D eigenvalue weighted by Crippen LogP contribution is 2.40. The second-order valence-corrected chi connectivity index (χ2v) is 6.95. The Morgan fingerprint density at radius 3 is 2.30 bits per heavy atom. The Labute approximate surface area is 136 Å². The first-order valence-corrected chi connectivity index (χ1v) is 7.55. The Morgan fingerprint density at radius 1 is 1.26 bits per heavy atom. The molecule has 128 valence electrons. The molecule has 0 aromatic heterocycles. The van der Waals surface area contributed by atoms with Crippen molar-refractivity contribution in [2.45, 2.75) is 51.5 Å². The van der Waals surface area contributed by atoms with Crippen molar-refractivity contribution in [3.63, 3.8) is 0 Å². The Hall–Kier alpha value is -1.41. The van der Waals surface area contributed by atoms with Crippen LogP contribution in [0.5, 0.6) is 0 Å². The molecule has 1 unspecified atom stereocenters. The van der Waals surface area contributed by atoms with Gasteiger partial charge in [0.25, 0.3) is 6.43 Å². The highest BCUT2D eigenvalue weighted by Gasteiger charge is 2.53. The zero-order chi connectivity index (χ0) is 17.4. The van der Waals surface area contributed by atoms with Crippen molar-refractivity contribution < 1.29 is 18.1 Å². The summed E-state index contributed by atoms with van der Waals surface area (Å²) in [6, 6.07) is 0. The lowest BCUT2D eigenvalue weighted by atomic mass is 9.73. The Morgan fingerprint density at radius 2 is 1.83 bits per heavy atom. The maximum atomic E-state index is 13.5. The molecule has 0 amide bonds. The van der Waals surface area contributed by atoms with Crippen molar-refractivity contribution in [1.29, 1.82) is 0 Å². The van der Waals surface area contributed by atoms with Crippen LogP contribution in [0.25, 0.3) is 0 Å². The van der Waals surface area contributed by atoms with E-state index < -0.39 is 30.9 Å². The number of dihydropyridines is 1. The van der Waals surface area contributed by atoms with Gasteiger partial charge in [0.2, 0.25) is 0 Å². The van der Waals surface area contributed by atoms with Gasteiger partial charge in [0.1, 0.15) is 6.17 Å². The number of nitrogens with one attached hydrogen (secondary N) is 1. The molecule has 0 aliphatic carbocycles. The second kappa shape index (κ2) is 6.24. The normalized spacial score (nSPS) is 26.3. The van der Waals surface area contributed by atoms with Crippen LogP contribution < -0.4 is 5.32 Å². The number of allylic oxidation sites excluding steroid dienone is 2. The molecule has 0 bridgehead atoms. The molecule has 5 nitrogen and oxygen atoms in total. The van der Waals surface area contributed by atoms with Crippen LogP contribution in [-0.4, -0.2) is 56.2 Å². The van der Waals surface area contributed by atoms with Crippen LogP contribution in [0.3, 0.4) is 0 Å². The van der Waals surface area contributed by atoms with Gasteiger partial charge in [0.05, 0.1) is 17.5 Å². The molecule has 0 radical (unpaired) electrons. The molecule has 1 atom stereocenters. The quantitative estimate of drug-likeness (QED) is 0.489. The van der Waals surface area contributed by atoms with Crippen LogP contribution in [-0.2, 0) is 9.31 Å². The van der Waals surface area contributed by atoms with Crippen LogP contribution in [0.2, 0.25) is 0 Å². The van der Waals surface area contributed by atoms with E-state index in [2.05, 4.69) is 10.3 Å². The number of halogens is 2. The summed E-state index contributed by atoms with van der Waals surface area (Å²) in [5.74, 6) is 0. The van der Waals surface area contributed by atoms with Gasteiger partial charge in [-0.25, -0.2) is 13.8 Å². The number of aliphatic imine (C=N–C) groups is 1. The summed E-state index contributed by atoms with van der Waals surface area (Å²) < 4.78 is 38.7. The van der Waals surface area contributed by atoms with Gasteiger partial charge in [-0.05, 0) is 40.0 Å². The van der Waals surface area contributed by atoms with Gasteiger partial charge in [0.15, 0.2) is 0 Å². The van der Waals surface area contributed by atoms with Crippen molar-refractivity contribution in [2.75, 3.05) is 14.1 Å². The fraction of sp³-hybridized carbons (Fsp3) is 0.667. The van der Waals surface area contributed by atoms with Gasteiger partial charge >= 0.3 is 7.12 Å². The first kappa shape index (κ1) is 17.9. The number of alkyl halides is 2. The lowest BCUT2D eigenvalue weighted by molar-refractivity contribution is 0.00578. The first-order chi connectivity index (χ1) is 10.5. The molecule has 1 fully saturated rings. The van der Waals surface area contributed by atoms with Crippen molar-refractivity contribution in [1.82, 2.24) is 10.2 Å². The van der Waals surface area contributed by atoms with E-state index in [1.807, 2.05) is 41.8 Å². The van der Waals surface area contributed by atoms with E-state index in [-0.39, 0.29) is 5.57 Å². The van der Waals surface area contributed by atoms with E-state index in [0.29, 0.717) is 5.47 Å². The standard InChI is InChI=1S/C15H24BF2N3O2/c1-14(2)15(3,4)23-16(22-14)11-8-19-12(20-9-21(5)6)7-10(11)13(17)18/h7-9,12-13,19H,1-6H3. The third-order valence-corrected chi connectivity index (χ3v) is 4.28. The largest absolute Gasteiger partial charge is 0.496 e. The van der Waals surface area contributed by atoms with Gasteiger partial charge in [0, 0.05) is 25.1 Å². The van der Waals surface area contributed by atoms with Gasteiger partial charge in [-0.3, -0.25) is 0 Å². The molecule has 23 heavy (non-hydrogen) atoms. The number of hydrogen-bond acceptors (Lipinski definition) is 4. The van der Waals surface area contributed by atoms with Crippen LogP contribution in [0.1, 0.15) is 27.7 Å². The number of hydrogen-bond donors (Lipinski definition) is 1. The van der Waals surface area contributed by atoms with Crippen molar-refractivity contribution in [3.05, 3.63) is 23.3 Å². The summed E-state index contributed by atoms with van der Waals surface area (Å²) in [4.78, 5) is 5.93. The zero-order valence-electron chi connectivity index (χ0n) is 14.4. The summed E-state index contributed by atoms with van der Waals surface area (Å²) in [7, 11) is 2.80. The van der Waals surface area contributed by atoms with Crippen LogP contribution in [0.15, 0.2) is 28.3 Å². The number of nitrogens with zero attached hydrogens (tertiary/aromatic N) is 2. The SMILES string of the molecule is CN(C)C=NC1C=C(C(F)F)C(B2OC(C)(C)C(C)(C)O2)=CN1. The Balaban J connectivity index is 2.22. The summed E-state index contributed by atoms with van der Waals surface area (Å²) >= 11 is 0. The highest BCUT2D eigenvalue weighted by atomic mass is 19.3. The molecular formula is C15H24BF2N3O2. The van der Waals surface area contributed by atoms with Crippen molar-refractivity contribution in [3.8, 4) is 0 Å². The van der Waals surface area contributed by atoms with Crippen LogP contribution in [0, 0.1) is 0 Å². The molecule has 0 aromatic rings. The summed E-state index contributed by atoms with van der Waals surface area (Å²) in [6.07, 6.45) is 1.34. The smallest absolute Gasteiger partial charge is 0.399 e. The van der Waals surface area contributed by atoms with E-state index >= 15 is 0 Å². The fourth-order valence-electron chi connectivity index (χ4n) is 2.24. The molecule has 1 N–H and O–H groups in total. The van der Waals surface area contributed by atoms with E-state index in [0.717, 1.165) is 0 Å². The molecule has 2 aliphatic rings. The third kappa shape index (κ3) is 3.75. The predicted molar refractivity (Wildman–Crippen MR) is 87.4 cm³/mol. The Bertz CT molecular complexity index is 529. The van der Waals surface area contributed by atoms with Crippen LogP contribution >= 0.6 is 0 Å². The summed E-state index contributed by atoms with van der Waals surface area (Å²) in [6.45, 7) is 7.55. The average molecular weight is 327 g/mol. The van der Waals surface area contributed by atoms with E-state index in [1.165, 1.54) is 12.3 Å². The van der Waals surface area contributed by atoms with E-state index in [1.54, 1.807) is 11.2 Å². The lowest BCUT2D eigenvalue weighted by Gasteiger charge is -2.32. The number of rotatable bonds is 4. The van der Waals surface area contributed by atoms with Crippen molar-refractivity contribution in [2.24, 2.45) is 4.99 Å². The maximum Gasteiger partial charge on any atom is 0.496 e. The van der Waals surface area contributed by atoms with Crippen LogP contribution in [0.4, 0.5) is 8.78 Å². The van der Waals surface area contributed by atoms with Gasteiger partial charge in [-0.1, -0.05) is 0 Å². The predicted octanol–water partition coefficient (Wildman–Crippen LogP) is 2.21. The van der Waals surface area contributed by atoms with Gasteiger partial charge in [-0.2, -0.15) is 0 Å². The summed E-state index contributed by atoms with van der Waals surface area (Å²) in [5.41, 5.74) is -0.949. The minimum absolute atomic E-state index is 0.108.